The van der Waals surface area contributed by atoms with E-state index in [1.165, 1.54) is 0 Å². The Bertz CT molecular complexity index is 463. The largest absolute Gasteiger partial charge is 0.341 e. The molecule has 2 rings (SSSR count). The lowest BCUT2D eigenvalue weighted by Gasteiger charge is -2.43. The highest BCUT2D eigenvalue weighted by molar-refractivity contribution is 5.91. The second kappa shape index (κ2) is 4.32. The molecule has 3 heteroatoms. The van der Waals surface area contributed by atoms with E-state index < -0.39 is 17.3 Å². The number of carbonyl (C=O) groups excluding carboxylic acids is 1. The van der Waals surface area contributed by atoms with E-state index >= 15 is 0 Å². The van der Waals surface area contributed by atoms with Crippen LogP contribution in [-0.2, 0) is 10.3 Å². The Kier molecular flexibility index (Phi) is 3.01. The van der Waals surface area contributed by atoms with Crippen LogP contribution in [0, 0.1) is 6.92 Å². The van der Waals surface area contributed by atoms with E-state index in [1.54, 1.807) is 0 Å². The summed E-state index contributed by atoms with van der Waals surface area (Å²) >= 11 is 0. The van der Waals surface area contributed by atoms with Gasteiger partial charge in [0.15, 0.2) is 5.83 Å². The summed E-state index contributed by atoms with van der Waals surface area (Å²) in [4.78, 5) is 11.5. The van der Waals surface area contributed by atoms with Crippen molar-refractivity contribution >= 4 is 5.91 Å². The maximum Gasteiger partial charge on any atom is 0.280 e. The third-order valence-electron chi connectivity index (χ3n) is 3.47. The third kappa shape index (κ3) is 2.09. The highest BCUT2D eigenvalue weighted by atomic mass is 19.1. The van der Waals surface area contributed by atoms with Crippen LogP contribution in [0.4, 0.5) is 4.39 Å². The van der Waals surface area contributed by atoms with Gasteiger partial charge in [0.25, 0.3) is 5.91 Å². The van der Waals surface area contributed by atoms with Crippen molar-refractivity contribution in [1.82, 2.24) is 5.32 Å². The van der Waals surface area contributed by atoms with Crippen LogP contribution in [-0.4, -0.2) is 5.91 Å². The Hall–Kier alpha value is -1.64. The summed E-state index contributed by atoms with van der Waals surface area (Å²) in [6.07, 6.45) is 2.77. The van der Waals surface area contributed by atoms with Gasteiger partial charge in [-0.15, -0.1) is 0 Å². The van der Waals surface area contributed by atoms with Crippen molar-refractivity contribution in [1.29, 1.82) is 0 Å². The van der Waals surface area contributed by atoms with Gasteiger partial charge in [0.2, 0.25) is 0 Å². The molecule has 1 amide bonds. The van der Waals surface area contributed by atoms with Crippen LogP contribution in [0.25, 0.3) is 0 Å². The predicted octanol–water partition coefficient (Wildman–Crippen LogP) is 2.97. The standard InChI is InChI=1S/C14H16FNO/c1-10-6-3-4-7-12(10)14(8-5-9-14)16-13(17)11(2)15/h3-4,6-7H,2,5,8-9H2,1H3,(H,16,17). The SMILES string of the molecule is C=C(F)C(=O)NC1(c2ccccc2C)CCC1. The first-order valence-electron chi connectivity index (χ1n) is 5.78. The molecule has 2 nitrogen and oxygen atoms in total. The number of nitrogens with one attached hydrogen (secondary N) is 1. The summed E-state index contributed by atoms with van der Waals surface area (Å²) in [7, 11) is 0. The van der Waals surface area contributed by atoms with Crippen molar-refractivity contribution in [2.45, 2.75) is 31.7 Å². The quantitative estimate of drug-likeness (QED) is 0.799. The maximum atomic E-state index is 12.8. The lowest BCUT2D eigenvalue weighted by atomic mass is 9.70. The molecule has 0 aliphatic heterocycles. The average molecular weight is 233 g/mol. The van der Waals surface area contributed by atoms with Gasteiger partial charge < -0.3 is 5.32 Å². The predicted molar refractivity (Wildman–Crippen MR) is 65.1 cm³/mol. The van der Waals surface area contributed by atoms with E-state index in [9.17, 15) is 9.18 Å². The van der Waals surface area contributed by atoms with Gasteiger partial charge in [-0.2, -0.15) is 0 Å². The van der Waals surface area contributed by atoms with Crippen molar-refractivity contribution in [2.24, 2.45) is 0 Å². The fraction of sp³-hybridized carbons (Fsp3) is 0.357. The lowest BCUT2D eigenvalue weighted by Crippen LogP contribution is -2.51. The molecule has 0 spiro atoms. The van der Waals surface area contributed by atoms with Crippen LogP contribution in [0.2, 0.25) is 0 Å². The Balaban J connectivity index is 2.29. The summed E-state index contributed by atoms with van der Waals surface area (Å²) in [5.74, 6) is -1.63. The molecule has 0 aromatic heterocycles. The first-order valence-corrected chi connectivity index (χ1v) is 5.78. The molecule has 0 unspecified atom stereocenters. The molecule has 90 valence electrons. The second-order valence-electron chi connectivity index (χ2n) is 4.61. The van der Waals surface area contributed by atoms with Gasteiger partial charge in [-0.1, -0.05) is 30.8 Å². The molecule has 1 saturated carbocycles. The van der Waals surface area contributed by atoms with Crippen LogP contribution < -0.4 is 5.32 Å². The van der Waals surface area contributed by atoms with E-state index in [4.69, 9.17) is 0 Å². The summed E-state index contributed by atoms with van der Waals surface area (Å²) in [6, 6.07) is 7.90. The van der Waals surface area contributed by atoms with E-state index in [2.05, 4.69) is 11.9 Å². The smallest absolute Gasteiger partial charge is 0.280 e. The molecule has 1 N–H and O–H groups in total. The van der Waals surface area contributed by atoms with Crippen LogP contribution in [0.1, 0.15) is 30.4 Å². The van der Waals surface area contributed by atoms with Gasteiger partial charge in [0.1, 0.15) is 0 Å². The van der Waals surface area contributed by atoms with Crippen molar-refractivity contribution in [3.63, 3.8) is 0 Å². The van der Waals surface area contributed by atoms with Crippen molar-refractivity contribution in [3.8, 4) is 0 Å². The van der Waals surface area contributed by atoms with Crippen molar-refractivity contribution in [3.05, 3.63) is 47.8 Å². The normalized spacial score (nSPS) is 17.1. The molecule has 1 fully saturated rings. The van der Waals surface area contributed by atoms with Gasteiger partial charge in [-0.25, -0.2) is 4.39 Å². The second-order valence-corrected chi connectivity index (χ2v) is 4.61. The minimum atomic E-state index is -0.926. The zero-order valence-electron chi connectivity index (χ0n) is 9.92. The minimum absolute atomic E-state index is 0.391. The number of carbonyl (C=O) groups is 1. The summed E-state index contributed by atoms with van der Waals surface area (Å²) in [5, 5.41) is 2.77. The number of halogens is 1. The molecule has 0 radical (unpaired) electrons. The Morgan fingerprint density at radius 2 is 2.06 bits per heavy atom. The summed E-state index contributed by atoms with van der Waals surface area (Å²) in [5.41, 5.74) is 1.81. The van der Waals surface area contributed by atoms with Gasteiger partial charge in [0, 0.05) is 0 Å². The number of rotatable bonds is 3. The molecule has 0 heterocycles. The zero-order valence-corrected chi connectivity index (χ0v) is 9.92. The van der Waals surface area contributed by atoms with Gasteiger partial charge >= 0.3 is 0 Å². The molecule has 0 atom stereocenters. The zero-order chi connectivity index (χ0) is 12.5. The molecule has 1 aliphatic carbocycles. The van der Waals surface area contributed by atoms with Crippen molar-refractivity contribution in [2.75, 3.05) is 0 Å². The number of hydrogen-bond acceptors (Lipinski definition) is 1. The average Bonchev–Trinajstić information content (AvgIpc) is 2.24. The minimum Gasteiger partial charge on any atom is -0.341 e. The lowest BCUT2D eigenvalue weighted by molar-refractivity contribution is -0.122. The Labute approximate surface area is 101 Å². The molecule has 17 heavy (non-hydrogen) atoms. The number of hydrogen-bond donors (Lipinski definition) is 1. The van der Waals surface area contributed by atoms with E-state index in [1.807, 2.05) is 31.2 Å². The molecule has 0 bridgehead atoms. The topological polar surface area (TPSA) is 29.1 Å². The molecule has 1 aromatic rings. The molecular weight excluding hydrogens is 217 g/mol. The fourth-order valence-corrected chi connectivity index (χ4v) is 2.39. The van der Waals surface area contributed by atoms with Crippen LogP contribution in [0.3, 0.4) is 0 Å². The molecule has 0 saturated heterocycles. The van der Waals surface area contributed by atoms with E-state index in [0.717, 1.165) is 30.4 Å². The third-order valence-corrected chi connectivity index (χ3v) is 3.47. The highest BCUT2D eigenvalue weighted by Gasteiger charge is 2.41. The fourth-order valence-electron chi connectivity index (χ4n) is 2.39. The summed E-state index contributed by atoms with van der Waals surface area (Å²) in [6.45, 7) is 5.04. The van der Waals surface area contributed by atoms with E-state index in [-0.39, 0.29) is 0 Å². The molecule has 1 aromatic carbocycles. The number of aryl methyl sites for hydroxylation is 1. The van der Waals surface area contributed by atoms with Crippen LogP contribution in [0.15, 0.2) is 36.7 Å². The first-order chi connectivity index (χ1) is 8.05. The maximum absolute atomic E-state index is 12.8. The molecule has 1 aliphatic rings. The summed E-state index contributed by atoms with van der Waals surface area (Å²) < 4.78 is 12.8. The van der Waals surface area contributed by atoms with Crippen molar-refractivity contribution < 1.29 is 9.18 Å². The van der Waals surface area contributed by atoms with Crippen LogP contribution >= 0.6 is 0 Å². The number of amides is 1. The van der Waals surface area contributed by atoms with Gasteiger partial charge in [0.05, 0.1) is 5.54 Å². The highest BCUT2D eigenvalue weighted by Crippen LogP contribution is 2.42. The first kappa shape index (κ1) is 11.8. The Morgan fingerprint density at radius 3 is 2.53 bits per heavy atom. The van der Waals surface area contributed by atoms with Gasteiger partial charge in [-0.3, -0.25) is 4.79 Å². The van der Waals surface area contributed by atoms with Gasteiger partial charge in [-0.05, 0) is 37.3 Å². The van der Waals surface area contributed by atoms with E-state index in [0.29, 0.717) is 0 Å². The number of benzene rings is 1. The monoisotopic (exact) mass is 233 g/mol. The Morgan fingerprint density at radius 1 is 1.41 bits per heavy atom. The molecular formula is C14H16FNO. The van der Waals surface area contributed by atoms with Crippen LogP contribution in [0.5, 0.6) is 0 Å².